The maximum absolute atomic E-state index is 13.9. The van der Waals surface area contributed by atoms with Crippen molar-refractivity contribution in [3.05, 3.63) is 111 Å². The Bertz CT molecular complexity index is 1910. The highest BCUT2D eigenvalue weighted by molar-refractivity contribution is 6.34. The van der Waals surface area contributed by atoms with Crippen LogP contribution in [0.25, 0.3) is 16.7 Å². The number of benzene rings is 2. The Labute approximate surface area is 267 Å². The molecule has 2 aliphatic rings. The van der Waals surface area contributed by atoms with Gasteiger partial charge in [0.2, 0.25) is 5.89 Å². The second-order valence-corrected chi connectivity index (χ2v) is 11.7. The molecule has 9 nitrogen and oxygen atoms in total. The van der Waals surface area contributed by atoms with Crippen LogP contribution in [0, 0.1) is 11.3 Å². The van der Waals surface area contributed by atoms with Gasteiger partial charge in [-0.3, -0.25) is 19.5 Å². The van der Waals surface area contributed by atoms with Gasteiger partial charge in [-0.25, -0.2) is 9.37 Å². The number of carbonyl (C=O) groups excluding carboxylic acids is 2. The van der Waals surface area contributed by atoms with E-state index < -0.39 is 23.0 Å². The summed E-state index contributed by atoms with van der Waals surface area (Å²) in [6, 6.07) is 14.3. The molecule has 6 rings (SSSR count). The van der Waals surface area contributed by atoms with E-state index in [1.807, 2.05) is 17.0 Å². The first-order valence-electron chi connectivity index (χ1n) is 14.0. The minimum absolute atomic E-state index is 0.00923. The van der Waals surface area contributed by atoms with Gasteiger partial charge >= 0.3 is 0 Å². The van der Waals surface area contributed by atoms with Gasteiger partial charge in [-0.15, -0.1) is 11.6 Å². The van der Waals surface area contributed by atoms with Crippen LogP contribution in [0.1, 0.15) is 49.0 Å². The number of likely N-dealkylation sites (tertiary alicyclic amines) is 1. The summed E-state index contributed by atoms with van der Waals surface area (Å²) in [6.07, 6.45) is 6.26. The highest BCUT2D eigenvalue weighted by Gasteiger charge is 2.47. The maximum atomic E-state index is 13.9. The summed E-state index contributed by atoms with van der Waals surface area (Å²) in [6.45, 7) is 1.18. The minimum atomic E-state index is -1.57. The highest BCUT2D eigenvalue weighted by atomic mass is 35.5. The summed E-state index contributed by atoms with van der Waals surface area (Å²) in [5.41, 5.74) is 2.06. The number of methoxy groups -OCH3 is 1. The molecule has 0 saturated carbocycles. The fourth-order valence-corrected chi connectivity index (χ4v) is 6.24. The van der Waals surface area contributed by atoms with E-state index in [1.54, 1.807) is 42.5 Å². The van der Waals surface area contributed by atoms with Crippen LogP contribution in [0.5, 0.6) is 0 Å². The van der Waals surface area contributed by atoms with E-state index in [0.717, 1.165) is 5.56 Å². The number of rotatable bonds is 9. The fourth-order valence-electron chi connectivity index (χ4n) is 5.58. The van der Waals surface area contributed by atoms with Crippen LogP contribution >= 0.6 is 23.2 Å². The summed E-state index contributed by atoms with van der Waals surface area (Å²) < 4.78 is 24.9. The summed E-state index contributed by atoms with van der Waals surface area (Å²) in [5.74, 6) is -0.592. The van der Waals surface area contributed by atoms with Crippen LogP contribution in [-0.2, 0) is 23.4 Å². The summed E-state index contributed by atoms with van der Waals surface area (Å²) in [5, 5.41) is 12.4. The van der Waals surface area contributed by atoms with Gasteiger partial charge in [-0.1, -0.05) is 42.0 Å². The van der Waals surface area contributed by atoms with Crippen molar-refractivity contribution in [2.75, 3.05) is 20.2 Å². The monoisotopic (exact) mass is 645 g/mol. The SMILES string of the molecule is COCc1cc(C(=O)NC2(c3nc4cc(CN5CC(F)C5)cc(C#N)c4o3)C=CC=C(c3ccccc3Cl)C2Cl)ncc1C=O. The number of nitrogens with one attached hydrogen (secondary N) is 1. The predicted octanol–water partition coefficient (Wildman–Crippen LogP) is 5.75. The van der Waals surface area contributed by atoms with E-state index >= 15 is 0 Å². The molecule has 4 aromatic rings. The van der Waals surface area contributed by atoms with Crippen LogP contribution in [0.15, 0.2) is 71.3 Å². The quantitative estimate of drug-likeness (QED) is 0.180. The number of amides is 1. The smallest absolute Gasteiger partial charge is 0.271 e. The third-order valence-electron chi connectivity index (χ3n) is 7.84. The lowest BCUT2D eigenvalue weighted by Gasteiger charge is -2.36. The molecule has 2 aromatic carbocycles. The summed E-state index contributed by atoms with van der Waals surface area (Å²) in [7, 11) is 1.48. The van der Waals surface area contributed by atoms with Crippen molar-refractivity contribution in [3.63, 3.8) is 0 Å². The second-order valence-electron chi connectivity index (χ2n) is 10.9. The molecule has 12 heteroatoms. The first-order chi connectivity index (χ1) is 21.8. The van der Waals surface area contributed by atoms with Gasteiger partial charge in [0.15, 0.2) is 17.4 Å². The Balaban J connectivity index is 1.46. The number of fused-ring (bicyclic) bond motifs is 1. The molecule has 3 heterocycles. The van der Waals surface area contributed by atoms with Crippen molar-refractivity contribution >= 4 is 52.1 Å². The molecule has 2 unspecified atom stereocenters. The molecule has 1 aliphatic carbocycles. The molecule has 0 spiro atoms. The van der Waals surface area contributed by atoms with Gasteiger partial charge in [-0.05, 0) is 52.6 Å². The zero-order chi connectivity index (χ0) is 31.7. The first-order valence-corrected chi connectivity index (χ1v) is 14.8. The molecular weight excluding hydrogens is 620 g/mol. The molecule has 1 aliphatic heterocycles. The third-order valence-corrected chi connectivity index (χ3v) is 8.75. The Morgan fingerprint density at radius 3 is 2.82 bits per heavy atom. The molecule has 0 bridgehead atoms. The zero-order valence-electron chi connectivity index (χ0n) is 24.0. The zero-order valence-corrected chi connectivity index (χ0v) is 25.5. The van der Waals surface area contributed by atoms with Crippen molar-refractivity contribution in [1.82, 2.24) is 20.2 Å². The summed E-state index contributed by atoms with van der Waals surface area (Å²) in [4.78, 5) is 36.3. The second kappa shape index (κ2) is 12.5. The Morgan fingerprint density at radius 1 is 1.31 bits per heavy atom. The average Bonchev–Trinajstić information content (AvgIpc) is 3.46. The van der Waals surface area contributed by atoms with Crippen LogP contribution in [0.4, 0.5) is 4.39 Å². The number of pyridine rings is 1. The Morgan fingerprint density at radius 2 is 2.11 bits per heavy atom. The third kappa shape index (κ3) is 5.76. The topological polar surface area (TPSA) is 121 Å². The van der Waals surface area contributed by atoms with E-state index in [1.165, 1.54) is 19.4 Å². The van der Waals surface area contributed by atoms with Crippen LogP contribution in [-0.4, -0.2) is 58.8 Å². The molecule has 1 amide bonds. The van der Waals surface area contributed by atoms with E-state index in [0.29, 0.717) is 58.7 Å². The lowest BCUT2D eigenvalue weighted by Crippen LogP contribution is -2.52. The lowest BCUT2D eigenvalue weighted by molar-refractivity contribution is 0.0591. The van der Waals surface area contributed by atoms with Crippen LogP contribution in [0.3, 0.4) is 0 Å². The van der Waals surface area contributed by atoms with Crippen LogP contribution < -0.4 is 5.32 Å². The predicted molar refractivity (Wildman–Crippen MR) is 167 cm³/mol. The van der Waals surface area contributed by atoms with E-state index in [4.69, 9.17) is 37.3 Å². The van der Waals surface area contributed by atoms with E-state index in [2.05, 4.69) is 16.4 Å². The Hall–Kier alpha value is -4.40. The van der Waals surface area contributed by atoms with Crippen molar-refractivity contribution in [3.8, 4) is 6.07 Å². The molecule has 2 atom stereocenters. The first kappa shape index (κ1) is 30.6. The number of allylic oxidation sites excluding steroid dienone is 2. The normalized spacial score (nSPS) is 20.0. The number of hydrogen-bond acceptors (Lipinski definition) is 8. The highest BCUT2D eigenvalue weighted by Crippen LogP contribution is 2.44. The number of oxazole rings is 1. The van der Waals surface area contributed by atoms with Crippen LogP contribution in [0.2, 0.25) is 5.02 Å². The fraction of sp³-hybridized carbons (Fsp3) is 0.242. The number of nitriles is 1. The number of alkyl halides is 2. The van der Waals surface area contributed by atoms with Crippen molar-refractivity contribution in [1.29, 1.82) is 5.26 Å². The molecule has 1 N–H and O–H groups in total. The number of halogens is 3. The van der Waals surface area contributed by atoms with Gasteiger partial charge in [0.05, 0.1) is 17.5 Å². The van der Waals surface area contributed by atoms with Gasteiger partial charge in [0.1, 0.15) is 23.5 Å². The van der Waals surface area contributed by atoms with Gasteiger partial charge in [0.25, 0.3) is 5.91 Å². The molecule has 0 radical (unpaired) electrons. The molecule has 45 heavy (non-hydrogen) atoms. The number of carbonyl (C=O) groups is 2. The molecule has 1 saturated heterocycles. The number of aromatic nitrogens is 2. The van der Waals surface area contributed by atoms with Crippen molar-refractivity contribution in [2.45, 2.75) is 30.2 Å². The average molecular weight is 647 g/mol. The number of ether oxygens (including phenoxy) is 1. The largest absolute Gasteiger partial charge is 0.436 e. The standard InChI is InChI=1S/C33H26Cl2FN5O4/c1-44-18-21-11-28(38-13-22(21)17-42)31(43)40-33(8-4-6-25(30(33)35)24-5-2-3-7-26(24)34)32-39-27-10-19(14-41-15-23(36)16-41)9-20(12-37)29(27)45-32/h2-11,13,17,23,30H,14-16,18H2,1H3,(H,40,43). The number of nitrogens with zero attached hydrogens (tertiary/aromatic N) is 4. The Kier molecular flexibility index (Phi) is 8.53. The van der Waals surface area contributed by atoms with Gasteiger partial charge in [0, 0.05) is 43.5 Å². The summed E-state index contributed by atoms with van der Waals surface area (Å²) >= 11 is 13.8. The van der Waals surface area contributed by atoms with Crippen molar-refractivity contribution < 1.29 is 23.1 Å². The van der Waals surface area contributed by atoms with E-state index in [9.17, 15) is 19.2 Å². The molecule has 228 valence electrons. The molecule has 2 aromatic heterocycles. The minimum Gasteiger partial charge on any atom is -0.436 e. The lowest BCUT2D eigenvalue weighted by atomic mass is 9.82. The molecule has 1 fully saturated rings. The number of hydrogen-bond donors (Lipinski definition) is 1. The van der Waals surface area contributed by atoms with Crippen molar-refractivity contribution in [2.24, 2.45) is 0 Å². The maximum Gasteiger partial charge on any atom is 0.271 e. The van der Waals surface area contributed by atoms with Gasteiger partial charge < -0.3 is 14.5 Å². The van der Waals surface area contributed by atoms with E-state index in [-0.39, 0.29) is 29.3 Å². The number of aldehydes is 1. The molecular formula is C33H26Cl2FN5O4. The van der Waals surface area contributed by atoms with Gasteiger partial charge in [-0.2, -0.15) is 5.26 Å².